The summed E-state index contributed by atoms with van der Waals surface area (Å²) in [5.41, 5.74) is 0.867. The fourth-order valence-corrected chi connectivity index (χ4v) is 1.90. The summed E-state index contributed by atoms with van der Waals surface area (Å²) in [4.78, 5) is 23.9. The summed E-state index contributed by atoms with van der Waals surface area (Å²) in [5, 5.41) is 5.11. The third-order valence-electron chi connectivity index (χ3n) is 3.09. The van der Waals surface area contributed by atoms with E-state index in [-0.39, 0.29) is 5.82 Å². The first-order valence-electron chi connectivity index (χ1n) is 6.76. The number of rotatable bonds is 3. The van der Waals surface area contributed by atoms with Crippen LogP contribution >= 0.6 is 0 Å². The van der Waals surface area contributed by atoms with Crippen LogP contribution in [0.3, 0.4) is 0 Å². The molecular weight excluding hydrogens is 299 g/mol. The summed E-state index contributed by atoms with van der Waals surface area (Å²) in [6, 6.07) is 5.54. The number of aryl methyl sites for hydroxylation is 1. The van der Waals surface area contributed by atoms with Gasteiger partial charge in [-0.2, -0.15) is 0 Å². The largest absolute Gasteiger partial charge is 0.324 e. The van der Waals surface area contributed by atoms with Crippen LogP contribution in [0.15, 0.2) is 49.3 Å². The summed E-state index contributed by atoms with van der Waals surface area (Å²) >= 11 is 0. The van der Waals surface area contributed by atoms with Gasteiger partial charge in [0.25, 0.3) is 0 Å². The molecular formula is C15H13FN6O. The minimum atomic E-state index is -0.525. The highest BCUT2D eigenvalue weighted by Gasteiger charge is 2.07. The van der Waals surface area contributed by atoms with Gasteiger partial charge in [-0.15, -0.1) is 0 Å². The van der Waals surface area contributed by atoms with Crippen LogP contribution in [0.2, 0.25) is 0 Å². The maximum atomic E-state index is 13.5. The Morgan fingerprint density at radius 1 is 1.22 bits per heavy atom. The first-order chi connectivity index (χ1) is 11.1. The van der Waals surface area contributed by atoms with Gasteiger partial charge in [-0.05, 0) is 24.6 Å². The molecule has 2 heterocycles. The fraction of sp³-hybridized carbons (Fsp3) is 0.0667. The van der Waals surface area contributed by atoms with Gasteiger partial charge in [0.2, 0.25) is 0 Å². The topological polar surface area (TPSA) is 84.7 Å². The van der Waals surface area contributed by atoms with Crippen molar-refractivity contribution in [3.63, 3.8) is 0 Å². The number of nitrogens with one attached hydrogen (secondary N) is 2. The van der Waals surface area contributed by atoms with Crippen LogP contribution in [0.5, 0.6) is 0 Å². The number of benzene rings is 1. The molecule has 0 saturated heterocycles. The van der Waals surface area contributed by atoms with Gasteiger partial charge in [0, 0.05) is 24.1 Å². The summed E-state index contributed by atoms with van der Waals surface area (Å²) in [5.74, 6) is 0.496. The van der Waals surface area contributed by atoms with E-state index in [1.54, 1.807) is 48.4 Å². The maximum absolute atomic E-state index is 13.5. The molecule has 0 fully saturated rings. The SMILES string of the molecule is Cc1ccc(NC(=O)Nc2cc(-n3ccnc3)ncn2)cc1F. The van der Waals surface area contributed by atoms with Gasteiger partial charge in [0.1, 0.15) is 30.1 Å². The number of imidazole rings is 1. The van der Waals surface area contributed by atoms with E-state index in [9.17, 15) is 9.18 Å². The summed E-state index contributed by atoms with van der Waals surface area (Å²) < 4.78 is 15.1. The Bertz CT molecular complexity index is 834. The molecule has 0 saturated carbocycles. The lowest BCUT2D eigenvalue weighted by molar-refractivity contribution is 0.262. The van der Waals surface area contributed by atoms with Gasteiger partial charge in [-0.25, -0.2) is 24.1 Å². The normalized spacial score (nSPS) is 10.3. The van der Waals surface area contributed by atoms with Crippen LogP contribution in [0.25, 0.3) is 5.82 Å². The minimum Gasteiger partial charge on any atom is -0.308 e. The van der Waals surface area contributed by atoms with Crippen molar-refractivity contribution in [1.29, 1.82) is 0 Å². The zero-order chi connectivity index (χ0) is 16.2. The number of carbonyl (C=O) groups is 1. The van der Waals surface area contributed by atoms with Crippen LogP contribution in [0, 0.1) is 12.7 Å². The lowest BCUT2D eigenvalue weighted by Gasteiger charge is -2.08. The van der Waals surface area contributed by atoms with E-state index in [1.165, 1.54) is 12.4 Å². The van der Waals surface area contributed by atoms with Crippen LogP contribution in [-0.4, -0.2) is 25.6 Å². The molecule has 0 aliphatic rings. The van der Waals surface area contributed by atoms with Crippen molar-refractivity contribution in [3.8, 4) is 5.82 Å². The molecule has 2 N–H and O–H groups in total. The van der Waals surface area contributed by atoms with Crippen molar-refractivity contribution in [2.24, 2.45) is 0 Å². The van der Waals surface area contributed by atoms with E-state index in [2.05, 4.69) is 25.6 Å². The number of aromatic nitrogens is 4. The molecule has 3 rings (SSSR count). The molecule has 3 aromatic rings. The van der Waals surface area contributed by atoms with E-state index in [1.807, 2.05) is 0 Å². The third-order valence-corrected chi connectivity index (χ3v) is 3.09. The molecule has 0 bridgehead atoms. The number of halogens is 1. The van der Waals surface area contributed by atoms with Gasteiger partial charge in [-0.3, -0.25) is 9.88 Å². The van der Waals surface area contributed by atoms with E-state index < -0.39 is 6.03 Å². The van der Waals surface area contributed by atoms with E-state index in [0.29, 0.717) is 22.9 Å². The summed E-state index contributed by atoms with van der Waals surface area (Å²) in [6.45, 7) is 1.65. The fourth-order valence-electron chi connectivity index (χ4n) is 1.90. The number of hydrogen-bond donors (Lipinski definition) is 2. The molecule has 0 radical (unpaired) electrons. The number of carbonyl (C=O) groups excluding carboxylic acids is 1. The Hall–Kier alpha value is -3.29. The van der Waals surface area contributed by atoms with Crippen LogP contribution in [0.1, 0.15) is 5.56 Å². The van der Waals surface area contributed by atoms with Gasteiger partial charge >= 0.3 is 6.03 Å². The Labute approximate surface area is 131 Å². The summed E-state index contributed by atoms with van der Waals surface area (Å²) in [7, 11) is 0. The molecule has 2 amide bonds. The number of amides is 2. The van der Waals surface area contributed by atoms with Crippen molar-refractivity contribution in [2.75, 3.05) is 10.6 Å². The first-order valence-corrected chi connectivity index (χ1v) is 6.76. The molecule has 0 aliphatic carbocycles. The molecule has 116 valence electrons. The lowest BCUT2D eigenvalue weighted by Crippen LogP contribution is -2.20. The molecule has 1 aromatic carbocycles. The average Bonchev–Trinajstić information content (AvgIpc) is 3.05. The van der Waals surface area contributed by atoms with Crippen LogP contribution in [-0.2, 0) is 0 Å². The maximum Gasteiger partial charge on any atom is 0.324 e. The second-order valence-corrected chi connectivity index (χ2v) is 4.77. The zero-order valence-corrected chi connectivity index (χ0v) is 12.2. The Balaban J connectivity index is 1.70. The van der Waals surface area contributed by atoms with Gasteiger partial charge < -0.3 is 5.32 Å². The molecule has 0 unspecified atom stereocenters. The van der Waals surface area contributed by atoms with Crippen molar-refractivity contribution in [2.45, 2.75) is 6.92 Å². The number of urea groups is 1. The minimum absolute atomic E-state index is 0.314. The Morgan fingerprint density at radius 3 is 2.83 bits per heavy atom. The highest BCUT2D eigenvalue weighted by Crippen LogP contribution is 2.14. The quantitative estimate of drug-likeness (QED) is 0.779. The molecule has 8 heteroatoms. The second-order valence-electron chi connectivity index (χ2n) is 4.77. The van der Waals surface area contributed by atoms with Gasteiger partial charge in [-0.1, -0.05) is 6.07 Å². The van der Waals surface area contributed by atoms with Gasteiger partial charge in [0.05, 0.1) is 0 Å². The van der Waals surface area contributed by atoms with E-state index >= 15 is 0 Å². The monoisotopic (exact) mass is 312 g/mol. The molecule has 23 heavy (non-hydrogen) atoms. The first kappa shape index (κ1) is 14.6. The molecule has 0 atom stereocenters. The highest BCUT2D eigenvalue weighted by atomic mass is 19.1. The number of nitrogens with zero attached hydrogens (tertiary/aromatic N) is 4. The van der Waals surface area contributed by atoms with Crippen molar-refractivity contribution < 1.29 is 9.18 Å². The Morgan fingerprint density at radius 2 is 2.09 bits per heavy atom. The van der Waals surface area contributed by atoms with Crippen molar-refractivity contribution >= 4 is 17.5 Å². The number of hydrogen-bond acceptors (Lipinski definition) is 4. The Kier molecular flexibility index (Phi) is 3.96. The van der Waals surface area contributed by atoms with Crippen LogP contribution in [0.4, 0.5) is 20.7 Å². The standard InChI is InChI=1S/C15H13FN6O/c1-10-2-3-11(6-12(10)16)20-15(23)21-13-7-14(19-8-18-13)22-5-4-17-9-22/h2-9H,1H3,(H2,18,19,20,21,23). The lowest BCUT2D eigenvalue weighted by atomic mass is 10.2. The summed E-state index contributed by atoms with van der Waals surface area (Å²) in [6.07, 6.45) is 6.26. The smallest absolute Gasteiger partial charge is 0.308 e. The molecule has 0 aliphatic heterocycles. The van der Waals surface area contributed by atoms with Crippen LogP contribution < -0.4 is 10.6 Å². The predicted molar refractivity (Wildman–Crippen MR) is 82.9 cm³/mol. The second kappa shape index (κ2) is 6.22. The van der Waals surface area contributed by atoms with E-state index in [0.717, 1.165) is 0 Å². The zero-order valence-electron chi connectivity index (χ0n) is 12.2. The van der Waals surface area contributed by atoms with Gasteiger partial charge in [0.15, 0.2) is 0 Å². The van der Waals surface area contributed by atoms with Crippen molar-refractivity contribution in [3.05, 3.63) is 60.7 Å². The molecule has 0 spiro atoms. The third kappa shape index (κ3) is 3.49. The molecule has 7 nitrogen and oxygen atoms in total. The predicted octanol–water partition coefficient (Wildman–Crippen LogP) is 2.75. The van der Waals surface area contributed by atoms with E-state index in [4.69, 9.17) is 0 Å². The van der Waals surface area contributed by atoms with Crippen molar-refractivity contribution in [1.82, 2.24) is 19.5 Å². The molecule has 2 aromatic heterocycles. The highest BCUT2D eigenvalue weighted by molar-refractivity contribution is 5.99. The number of anilines is 2. The average molecular weight is 312 g/mol.